The van der Waals surface area contributed by atoms with E-state index < -0.39 is 0 Å². The van der Waals surface area contributed by atoms with Crippen molar-refractivity contribution in [1.29, 1.82) is 0 Å². The van der Waals surface area contributed by atoms with Gasteiger partial charge in [0.25, 0.3) is 0 Å². The van der Waals surface area contributed by atoms with Gasteiger partial charge in [-0.2, -0.15) is 11.8 Å². The van der Waals surface area contributed by atoms with Gasteiger partial charge in [0, 0.05) is 18.8 Å². The lowest BCUT2D eigenvalue weighted by Gasteiger charge is -2.40. The van der Waals surface area contributed by atoms with Crippen molar-refractivity contribution >= 4 is 11.8 Å². The summed E-state index contributed by atoms with van der Waals surface area (Å²) >= 11 is 2.07. The van der Waals surface area contributed by atoms with E-state index in [1.165, 1.54) is 48.7 Å². The molecule has 1 heterocycles. The average molecular weight is 203 g/mol. The van der Waals surface area contributed by atoms with E-state index in [0.717, 1.165) is 0 Å². The molecule has 78 valence electrons. The quantitative estimate of drug-likeness (QED) is 0.498. The fraction of sp³-hybridized carbons (Fsp3) is 1.00. The molecule has 2 nitrogen and oxygen atoms in total. The molecule has 0 aliphatic carbocycles. The fourth-order valence-electron chi connectivity index (χ4n) is 1.70. The van der Waals surface area contributed by atoms with Gasteiger partial charge in [-0.15, -0.1) is 0 Å². The van der Waals surface area contributed by atoms with E-state index in [0.29, 0.717) is 0 Å². The summed E-state index contributed by atoms with van der Waals surface area (Å²) in [5, 5.41) is 0. The van der Waals surface area contributed by atoms with Crippen molar-refractivity contribution in [3.8, 4) is 0 Å². The van der Waals surface area contributed by atoms with Crippen molar-refractivity contribution in [2.75, 3.05) is 58.3 Å². The van der Waals surface area contributed by atoms with Crippen LogP contribution in [0.5, 0.6) is 0 Å². The zero-order valence-corrected chi connectivity index (χ0v) is 10.1. The monoisotopic (exact) mass is 203 g/mol. The van der Waals surface area contributed by atoms with E-state index in [2.05, 4.69) is 37.7 Å². The third-order valence-corrected chi connectivity index (χ3v) is 3.90. The topological polar surface area (TPSA) is 3.24 Å². The minimum absolute atomic E-state index is 1.26. The number of quaternary nitrogens is 1. The predicted octanol–water partition coefficient (Wildman–Crippen LogP) is 1.13. The van der Waals surface area contributed by atoms with Gasteiger partial charge in [-0.25, -0.2) is 0 Å². The summed E-state index contributed by atoms with van der Waals surface area (Å²) in [6.45, 7) is 8.81. The highest BCUT2D eigenvalue weighted by Gasteiger charge is 2.26. The Morgan fingerprint density at radius 3 is 2.46 bits per heavy atom. The van der Waals surface area contributed by atoms with E-state index in [1.54, 1.807) is 0 Å². The summed E-state index contributed by atoms with van der Waals surface area (Å²) in [6, 6.07) is 0. The second kappa shape index (κ2) is 5.23. The van der Waals surface area contributed by atoms with Gasteiger partial charge in [0.15, 0.2) is 0 Å². The number of hydrogen-bond donors (Lipinski definition) is 0. The van der Waals surface area contributed by atoms with Crippen molar-refractivity contribution in [3.05, 3.63) is 0 Å². The van der Waals surface area contributed by atoms with E-state index in [9.17, 15) is 0 Å². The first-order chi connectivity index (χ1) is 6.16. The first-order valence-electron chi connectivity index (χ1n) is 5.26. The normalized spacial score (nSPS) is 23.3. The van der Waals surface area contributed by atoms with Gasteiger partial charge >= 0.3 is 0 Å². The molecule has 1 aliphatic heterocycles. The van der Waals surface area contributed by atoms with Crippen LogP contribution in [0, 0.1) is 0 Å². The molecule has 0 aromatic rings. The van der Waals surface area contributed by atoms with Crippen LogP contribution in [-0.2, 0) is 0 Å². The Bertz CT molecular complexity index is 142. The third kappa shape index (κ3) is 3.88. The van der Waals surface area contributed by atoms with Crippen LogP contribution in [0.15, 0.2) is 0 Å². The number of hydrogen-bond acceptors (Lipinski definition) is 2. The largest absolute Gasteiger partial charge is 0.323 e. The van der Waals surface area contributed by atoms with E-state index >= 15 is 0 Å². The average Bonchev–Trinajstić information content (AvgIpc) is 2.12. The van der Waals surface area contributed by atoms with E-state index in [1.807, 2.05) is 0 Å². The maximum atomic E-state index is 2.44. The zero-order valence-electron chi connectivity index (χ0n) is 9.25. The van der Waals surface area contributed by atoms with Crippen molar-refractivity contribution in [3.63, 3.8) is 0 Å². The highest BCUT2D eigenvalue weighted by atomic mass is 32.2. The van der Waals surface area contributed by atoms with Crippen LogP contribution in [0.4, 0.5) is 0 Å². The summed E-state index contributed by atoms with van der Waals surface area (Å²) in [7, 11) is 4.63. The summed E-state index contributed by atoms with van der Waals surface area (Å²) in [5.41, 5.74) is 0. The van der Waals surface area contributed by atoms with Crippen LogP contribution >= 0.6 is 11.8 Å². The molecule has 0 spiro atoms. The molecule has 0 N–H and O–H groups in total. The van der Waals surface area contributed by atoms with Gasteiger partial charge in [0.05, 0.1) is 26.7 Å². The third-order valence-electron chi connectivity index (χ3n) is 3.02. The van der Waals surface area contributed by atoms with Gasteiger partial charge in [0.1, 0.15) is 0 Å². The molecule has 3 heteroatoms. The molecule has 0 atom stereocenters. The van der Waals surface area contributed by atoms with Crippen molar-refractivity contribution in [2.45, 2.75) is 6.92 Å². The highest BCUT2D eigenvalue weighted by Crippen LogP contribution is 2.10. The predicted molar refractivity (Wildman–Crippen MR) is 61.3 cm³/mol. The summed E-state index contributed by atoms with van der Waals surface area (Å²) < 4.78 is 1.29. The maximum absolute atomic E-state index is 2.44. The smallest absolute Gasteiger partial charge is 0.0914 e. The molecular formula is C10H23N2S+. The number of likely N-dealkylation sites (N-methyl/N-ethyl adjacent to an activating group) is 2. The molecule has 0 saturated carbocycles. The van der Waals surface area contributed by atoms with Crippen LogP contribution in [0.25, 0.3) is 0 Å². The first-order valence-corrected chi connectivity index (χ1v) is 6.41. The van der Waals surface area contributed by atoms with Gasteiger partial charge < -0.3 is 4.48 Å². The summed E-state index contributed by atoms with van der Waals surface area (Å²) in [5.74, 6) is 2.59. The lowest BCUT2D eigenvalue weighted by atomic mass is 10.3. The molecule has 1 rings (SSSR count). The van der Waals surface area contributed by atoms with Crippen LogP contribution in [-0.4, -0.2) is 67.7 Å². The van der Waals surface area contributed by atoms with Crippen LogP contribution in [0.2, 0.25) is 0 Å². The fourth-order valence-corrected chi connectivity index (χ4v) is 2.56. The van der Waals surface area contributed by atoms with Crippen LogP contribution in [0.3, 0.4) is 0 Å². The minimum atomic E-state index is 1.26. The molecule has 0 aromatic carbocycles. The van der Waals surface area contributed by atoms with Crippen molar-refractivity contribution < 1.29 is 4.48 Å². The van der Waals surface area contributed by atoms with Crippen molar-refractivity contribution in [2.24, 2.45) is 0 Å². The lowest BCUT2D eigenvalue weighted by molar-refractivity contribution is -0.911. The molecule has 1 saturated heterocycles. The van der Waals surface area contributed by atoms with E-state index in [-0.39, 0.29) is 0 Å². The molecule has 13 heavy (non-hydrogen) atoms. The standard InChI is InChI=1S/C10H23N2S/c1-4-13-10-9-12(3)7-5-11(2)6-8-12/h4-10H2,1-3H3/q+1. The molecule has 1 aliphatic rings. The Labute approximate surface area is 86.9 Å². The summed E-state index contributed by atoms with van der Waals surface area (Å²) in [4.78, 5) is 2.44. The Morgan fingerprint density at radius 2 is 1.92 bits per heavy atom. The number of nitrogens with zero attached hydrogens (tertiary/aromatic N) is 2. The summed E-state index contributed by atoms with van der Waals surface area (Å²) in [6.07, 6.45) is 0. The molecule has 0 bridgehead atoms. The molecular weight excluding hydrogens is 180 g/mol. The SMILES string of the molecule is CCSCC[N+]1(C)CCN(C)CC1. The second-order valence-electron chi connectivity index (χ2n) is 4.29. The van der Waals surface area contributed by atoms with Crippen LogP contribution < -0.4 is 0 Å². The van der Waals surface area contributed by atoms with E-state index in [4.69, 9.17) is 0 Å². The minimum Gasteiger partial charge on any atom is -0.323 e. The van der Waals surface area contributed by atoms with Gasteiger partial charge in [0.2, 0.25) is 0 Å². The zero-order chi connectivity index (χ0) is 9.73. The molecule has 1 fully saturated rings. The second-order valence-corrected chi connectivity index (χ2v) is 5.68. The van der Waals surface area contributed by atoms with Crippen LogP contribution in [0.1, 0.15) is 6.92 Å². The Hall–Kier alpha value is 0.270. The first kappa shape index (κ1) is 11.3. The number of rotatable bonds is 4. The molecule has 0 unspecified atom stereocenters. The maximum Gasteiger partial charge on any atom is 0.0914 e. The molecule has 0 amide bonds. The number of thioether (sulfide) groups is 1. The van der Waals surface area contributed by atoms with Crippen molar-refractivity contribution in [1.82, 2.24) is 4.90 Å². The molecule has 0 aromatic heterocycles. The lowest BCUT2D eigenvalue weighted by Crippen LogP contribution is -2.57. The molecule has 0 radical (unpaired) electrons. The van der Waals surface area contributed by atoms with Gasteiger partial charge in [-0.1, -0.05) is 6.92 Å². The van der Waals surface area contributed by atoms with Gasteiger partial charge in [-0.05, 0) is 12.8 Å². The van der Waals surface area contributed by atoms with Gasteiger partial charge in [-0.3, -0.25) is 4.90 Å². The highest BCUT2D eigenvalue weighted by molar-refractivity contribution is 7.99. The Kier molecular flexibility index (Phi) is 4.56. The Balaban J connectivity index is 2.22. The number of piperazine rings is 1. The Morgan fingerprint density at radius 1 is 1.31 bits per heavy atom.